The summed E-state index contributed by atoms with van der Waals surface area (Å²) in [4.78, 5) is 29.6. The van der Waals surface area contributed by atoms with Crippen molar-refractivity contribution < 1.29 is 9.59 Å². The SMILES string of the molecule is CC[C@H](C)c1ccc(NC(=O)c2cccc(C(=O)Nc3ccc([C@@H](C)CC)cc3)n2)cc1. The summed E-state index contributed by atoms with van der Waals surface area (Å²) >= 11 is 0. The van der Waals surface area contributed by atoms with Crippen LogP contribution in [0.15, 0.2) is 66.7 Å². The molecule has 2 N–H and O–H groups in total. The van der Waals surface area contributed by atoms with Crippen LogP contribution in [0.3, 0.4) is 0 Å². The Morgan fingerprint density at radius 2 is 1.06 bits per heavy atom. The van der Waals surface area contributed by atoms with E-state index in [1.807, 2.05) is 48.5 Å². The van der Waals surface area contributed by atoms with E-state index in [2.05, 4.69) is 43.3 Å². The highest BCUT2D eigenvalue weighted by molar-refractivity contribution is 6.06. The number of nitrogens with zero attached hydrogens (tertiary/aromatic N) is 1. The van der Waals surface area contributed by atoms with E-state index in [0.29, 0.717) is 23.2 Å². The van der Waals surface area contributed by atoms with Gasteiger partial charge in [-0.25, -0.2) is 4.98 Å². The van der Waals surface area contributed by atoms with Gasteiger partial charge in [-0.1, -0.05) is 58.0 Å². The first-order valence-corrected chi connectivity index (χ1v) is 11.2. The van der Waals surface area contributed by atoms with E-state index in [1.54, 1.807) is 18.2 Å². The van der Waals surface area contributed by atoms with Gasteiger partial charge in [0.1, 0.15) is 11.4 Å². The quantitative estimate of drug-likeness (QED) is 0.423. The number of carbonyl (C=O) groups is 2. The fourth-order valence-corrected chi connectivity index (χ4v) is 3.34. The van der Waals surface area contributed by atoms with Gasteiger partial charge in [-0.3, -0.25) is 9.59 Å². The number of anilines is 2. The van der Waals surface area contributed by atoms with Crippen molar-refractivity contribution >= 4 is 23.2 Å². The zero-order valence-corrected chi connectivity index (χ0v) is 19.2. The molecular formula is C27H31N3O2. The highest BCUT2D eigenvalue weighted by atomic mass is 16.2. The molecule has 1 heterocycles. The van der Waals surface area contributed by atoms with Crippen LogP contribution in [-0.2, 0) is 0 Å². The van der Waals surface area contributed by atoms with Crippen molar-refractivity contribution in [2.24, 2.45) is 0 Å². The lowest BCUT2D eigenvalue weighted by Gasteiger charge is -2.11. The zero-order chi connectivity index (χ0) is 23.1. The van der Waals surface area contributed by atoms with Crippen molar-refractivity contribution in [1.29, 1.82) is 0 Å². The normalized spacial score (nSPS) is 12.6. The van der Waals surface area contributed by atoms with E-state index in [1.165, 1.54) is 11.1 Å². The lowest BCUT2D eigenvalue weighted by Crippen LogP contribution is -2.18. The number of carbonyl (C=O) groups excluding carboxylic acids is 2. The molecule has 0 aliphatic carbocycles. The number of hydrogen-bond acceptors (Lipinski definition) is 3. The average Bonchev–Trinajstić information content (AvgIpc) is 2.84. The van der Waals surface area contributed by atoms with Crippen molar-refractivity contribution in [1.82, 2.24) is 4.98 Å². The molecule has 3 rings (SSSR count). The van der Waals surface area contributed by atoms with Gasteiger partial charge in [0.25, 0.3) is 11.8 Å². The highest BCUT2D eigenvalue weighted by Crippen LogP contribution is 2.22. The number of pyridine rings is 1. The summed E-state index contributed by atoms with van der Waals surface area (Å²) < 4.78 is 0. The fourth-order valence-electron chi connectivity index (χ4n) is 3.34. The van der Waals surface area contributed by atoms with Crippen LogP contribution >= 0.6 is 0 Å². The zero-order valence-electron chi connectivity index (χ0n) is 19.2. The van der Waals surface area contributed by atoms with Crippen LogP contribution in [-0.4, -0.2) is 16.8 Å². The number of aromatic nitrogens is 1. The second-order valence-corrected chi connectivity index (χ2v) is 8.18. The van der Waals surface area contributed by atoms with Gasteiger partial charge < -0.3 is 10.6 Å². The van der Waals surface area contributed by atoms with Gasteiger partial charge in [0.15, 0.2) is 0 Å². The molecule has 0 bridgehead atoms. The predicted molar refractivity (Wildman–Crippen MR) is 130 cm³/mol. The van der Waals surface area contributed by atoms with Gasteiger partial charge in [0.2, 0.25) is 0 Å². The van der Waals surface area contributed by atoms with Crippen molar-refractivity contribution in [2.45, 2.75) is 52.4 Å². The molecule has 0 aliphatic heterocycles. The Labute approximate surface area is 190 Å². The Bertz CT molecular complexity index is 976. The Morgan fingerprint density at radius 1 is 0.688 bits per heavy atom. The van der Waals surface area contributed by atoms with Crippen LogP contribution in [0.2, 0.25) is 0 Å². The van der Waals surface area contributed by atoms with Crippen LogP contribution in [0.1, 0.15) is 84.5 Å². The summed E-state index contributed by atoms with van der Waals surface area (Å²) in [6.45, 7) is 8.65. The summed E-state index contributed by atoms with van der Waals surface area (Å²) in [6.07, 6.45) is 2.12. The van der Waals surface area contributed by atoms with Crippen LogP contribution in [0, 0.1) is 0 Å². The van der Waals surface area contributed by atoms with Gasteiger partial charge in [-0.05, 0) is 72.2 Å². The van der Waals surface area contributed by atoms with Crippen LogP contribution in [0.4, 0.5) is 11.4 Å². The summed E-state index contributed by atoms with van der Waals surface area (Å²) in [5, 5.41) is 5.69. The molecule has 0 aliphatic rings. The molecule has 0 unspecified atom stereocenters. The van der Waals surface area contributed by atoms with E-state index >= 15 is 0 Å². The number of benzene rings is 2. The molecule has 0 fully saturated rings. The minimum atomic E-state index is -0.353. The third-order valence-corrected chi connectivity index (χ3v) is 5.91. The monoisotopic (exact) mass is 429 g/mol. The largest absolute Gasteiger partial charge is 0.321 e. The highest BCUT2D eigenvalue weighted by Gasteiger charge is 2.14. The minimum absolute atomic E-state index is 0.191. The molecule has 0 spiro atoms. The number of amides is 2. The van der Waals surface area contributed by atoms with E-state index in [0.717, 1.165) is 12.8 Å². The molecule has 2 aromatic carbocycles. The van der Waals surface area contributed by atoms with Crippen molar-refractivity contribution in [3.63, 3.8) is 0 Å². The lowest BCUT2D eigenvalue weighted by atomic mass is 9.98. The second kappa shape index (κ2) is 10.7. The van der Waals surface area contributed by atoms with E-state index in [9.17, 15) is 9.59 Å². The number of hydrogen-bond donors (Lipinski definition) is 2. The van der Waals surface area contributed by atoms with Crippen LogP contribution < -0.4 is 10.6 Å². The van der Waals surface area contributed by atoms with Gasteiger partial charge >= 0.3 is 0 Å². The van der Waals surface area contributed by atoms with Gasteiger partial charge in [-0.15, -0.1) is 0 Å². The topological polar surface area (TPSA) is 71.1 Å². The second-order valence-electron chi connectivity index (χ2n) is 8.18. The molecule has 5 heteroatoms. The molecule has 0 radical (unpaired) electrons. The van der Waals surface area contributed by atoms with E-state index in [-0.39, 0.29) is 23.2 Å². The molecule has 0 saturated heterocycles. The first-order chi connectivity index (χ1) is 15.4. The maximum Gasteiger partial charge on any atom is 0.274 e. The summed E-state index contributed by atoms with van der Waals surface area (Å²) in [5.74, 6) is 0.244. The standard InChI is InChI=1S/C27H31N3O2/c1-5-18(3)20-10-14-22(15-11-20)28-26(31)24-8-7-9-25(30-24)27(32)29-23-16-12-21(13-17-23)19(4)6-2/h7-19H,5-6H2,1-4H3,(H,28,31)(H,29,32)/t18-,19-/m0/s1. The Kier molecular flexibility index (Phi) is 7.77. The van der Waals surface area contributed by atoms with Gasteiger partial charge in [0, 0.05) is 11.4 Å². The first-order valence-electron chi connectivity index (χ1n) is 11.2. The molecule has 0 saturated carbocycles. The molecule has 1 aromatic heterocycles. The summed E-state index contributed by atoms with van der Waals surface area (Å²) in [5.41, 5.74) is 4.24. The molecule has 3 aromatic rings. The first kappa shape index (κ1) is 23.2. The molecule has 5 nitrogen and oxygen atoms in total. The smallest absolute Gasteiger partial charge is 0.274 e. The van der Waals surface area contributed by atoms with Crippen LogP contribution in [0.5, 0.6) is 0 Å². The molecule has 2 atom stereocenters. The lowest BCUT2D eigenvalue weighted by molar-refractivity contribution is 0.101. The molecule has 32 heavy (non-hydrogen) atoms. The third kappa shape index (κ3) is 5.82. The third-order valence-electron chi connectivity index (χ3n) is 5.91. The molecular weight excluding hydrogens is 398 g/mol. The summed E-state index contributed by atoms with van der Waals surface area (Å²) in [6, 6.07) is 20.5. The maximum absolute atomic E-state index is 12.6. The number of nitrogens with one attached hydrogen (secondary N) is 2. The Morgan fingerprint density at radius 3 is 1.41 bits per heavy atom. The van der Waals surface area contributed by atoms with Crippen molar-refractivity contribution in [2.75, 3.05) is 10.6 Å². The Balaban J connectivity index is 1.66. The van der Waals surface area contributed by atoms with E-state index in [4.69, 9.17) is 0 Å². The minimum Gasteiger partial charge on any atom is -0.321 e. The molecule has 2 amide bonds. The predicted octanol–water partition coefficient (Wildman–Crippen LogP) is 6.61. The average molecular weight is 430 g/mol. The Hall–Kier alpha value is -3.47. The van der Waals surface area contributed by atoms with Crippen molar-refractivity contribution in [3.8, 4) is 0 Å². The van der Waals surface area contributed by atoms with E-state index < -0.39 is 0 Å². The molecule has 166 valence electrons. The maximum atomic E-state index is 12.6. The number of rotatable bonds is 8. The van der Waals surface area contributed by atoms with Crippen molar-refractivity contribution in [3.05, 3.63) is 89.2 Å². The summed E-state index contributed by atoms with van der Waals surface area (Å²) in [7, 11) is 0. The van der Waals surface area contributed by atoms with Gasteiger partial charge in [-0.2, -0.15) is 0 Å². The van der Waals surface area contributed by atoms with Gasteiger partial charge in [0.05, 0.1) is 0 Å². The van der Waals surface area contributed by atoms with Crippen LogP contribution in [0.25, 0.3) is 0 Å². The fraction of sp³-hybridized carbons (Fsp3) is 0.296.